The first-order chi connectivity index (χ1) is 7.37. The maximum Gasteiger partial charge on any atom is 0.220 e. The lowest BCUT2D eigenvalue weighted by Gasteiger charge is -2.17. The summed E-state index contributed by atoms with van der Waals surface area (Å²) in [7, 11) is 0. The number of carbonyl (C=O) groups excluding carboxylic acids is 1. The summed E-state index contributed by atoms with van der Waals surface area (Å²) in [5.41, 5.74) is 1.11. The average molecular weight is 223 g/mol. The van der Waals surface area contributed by atoms with Gasteiger partial charge >= 0.3 is 0 Å². The SMILES string of the molecule is Cc1ncc(CCNC(=O)CC(C)(C)C)[nH]1. The number of hydrogen-bond donors (Lipinski definition) is 2. The molecule has 0 aliphatic rings. The third-order valence-corrected chi connectivity index (χ3v) is 2.16. The predicted molar refractivity (Wildman–Crippen MR) is 64.1 cm³/mol. The van der Waals surface area contributed by atoms with E-state index in [4.69, 9.17) is 0 Å². The summed E-state index contributed by atoms with van der Waals surface area (Å²) in [6, 6.07) is 0. The molecule has 4 nitrogen and oxygen atoms in total. The van der Waals surface area contributed by atoms with Crippen LogP contribution in [0.2, 0.25) is 0 Å². The van der Waals surface area contributed by atoms with Gasteiger partial charge in [0.15, 0.2) is 0 Å². The van der Waals surface area contributed by atoms with E-state index in [1.807, 2.05) is 13.1 Å². The molecule has 0 atom stereocenters. The lowest BCUT2D eigenvalue weighted by atomic mass is 9.92. The molecule has 0 radical (unpaired) electrons. The van der Waals surface area contributed by atoms with Crippen LogP contribution in [0.25, 0.3) is 0 Å². The lowest BCUT2D eigenvalue weighted by Crippen LogP contribution is -2.29. The normalized spacial score (nSPS) is 11.5. The Kier molecular flexibility index (Phi) is 4.10. The summed E-state index contributed by atoms with van der Waals surface area (Å²) in [6.07, 6.45) is 3.18. The third-order valence-electron chi connectivity index (χ3n) is 2.16. The van der Waals surface area contributed by atoms with Crippen molar-refractivity contribution in [1.29, 1.82) is 0 Å². The van der Waals surface area contributed by atoms with E-state index in [1.54, 1.807) is 0 Å². The topological polar surface area (TPSA) is 57.8 Å². The first-order valence-electron chi connectivity index (χ1n) is 5.64. The predicted octanol–water partition coefficient (Wildman–Crippen LogP) is 1.81. The largest absolute Gasteiger partial charge is 0.356 e. The van der Waals surface area contributed by atoms with E-state index in [1.165, 1.54) is 0 Å². The number of imidazole rings is 1. The Hall–Kier alpha value is -1.32. The average Bonchev–Trinajstić information content (AvgIpc) is 2.48. The quantitative estimate of drug-likeness (QED) is 0.818. The fourth-order valence-electron chi connectivity index (χ4n) is 1.48. The Morgan fingerprint density at radius 2 is 2.19 bits per heavy atom. The lowest BCUT2D eigenvalue weighted by molar-refractivity contribution is -0.122. The van der Waals surface area contributed by atoms with Crippen LogP contribution in [0.1, 0.15) is 38.7 Å². The van der Waals surface area contributed by atoms with Gasteiger partial charge in [0.1, 0.15) is 5.82 Å². The van der Waals surface area contributed by atoms with Crippen molar-refractivity contribution >= 4 is 5.91 Å². The van der Waals surface area contributed by atoms with Gasteiger partial charge in [0.25, 0.3) is 0 Å². The molecule has 0 unspecified atom stereocenters. The molecule has 2 N–H and O–H groups in total. The second-order valence-electron chi connectivity index (χ2n) is 5.33. The maximum atomic E-state index is 11.5. The molecule has 1 aromatic heterocycles. The van der Waals surface area contributed by atoms with Crippen LogP contribution in [0.5, 0.6) is 0 Å². The van der Waals surface area contributed by atoms with Gasteiger partial charge < -0.3 is 10.3 Å². The first-order valence-corrected chi connectivity index (χ1v) is 5.64. The molecule has 1 aromatic rings. The zero-order valence-corrected chi connectivity index (χ0v) is 10.6. The van der Waals surface area contributed by atoms with Crippen LogP contribution in [-0.4, -0.2) is 22.4 Å². The van der Waals surface area contributed by atoms with Crippen molar-refractivity contribution < 1.29 is 4.79 Å². The Morgan fingerprint density at radius 3 is 2.69 bits per heavy atom. The van der Waals surface area contributed by atoms with E-state index >= 15 is 0 Å². The number of rotatable bonds is 4. The summed E-state index contributed by atoms with van der Waals surface area (Å²) in [4.78, 5) is 18.8. The van der Waals surface area contributed by atoms with Gasteiger partial charge in [0, 0.05) is 31.3 Å². The van der Waals surface area contributed by atoms with E-state index in [0.717, 1.165) is 17.9 Å². The van der Waals surface area contributed by atoms with Crippen molar-refractivity contribution in [2.45, 2.75) is 40.5 Å². The van der Waals surface area contributed by atoms with Crippen LogP contribution >= 0.6 is 0 Å². The van der Waals surface area contributed by atoms with Gasteiger partial charge in [-0.15, -0.1) is 0 Å². The fourth-order valence-corrected chi connectivity index (χ4v) is 1.48. The molecular weight excluding hydrogens is 202 g/mol. The molecule has 1 amide bonds. The summed E-state index contributed by atoms with van der Waals surface area (Å²) >= 11 is 0. The van der Waals surface area contributed by atoms with Gasteiger partial charge in [0.2, 0.25) is 5.91 Å². The number of aromatic nitrogens is 2. The third kappa shape index (κ3) is 4.96. The maximum absolute atomic E-state index is 11.5. The van der Waals surface area contributed by atoms with Crippen molar-refractivity contribution in [2.24, 2.45) is 5.41 Å². The number of nitrogens with one attached hydrogen (secondary N) is 2. The van der Waals surface area contributed by atoms with Gasteiger partial charge in [-0.25, -0.2) is 4.98 Å². The molecule has 0 aromatic carbocycles. The van der Waals surface area contributed by atoms with E-state index in [0.29, 0.717) is 13.0 Å². The van der Waals surface area contributed by atoms with Gasteiger partial charge in [-0.1, -0.05) is 20.8 Å². The number of hydrogen-bond acceptors (Lipinski definition) is 2. The highest BCUT2D eigenvalue weighted by molar-refractivity contribution is 5.76. The second-order valence-corrected chi connectivity index (χ2v) is 5.33. The van der Waals surface area contributed by atoms with Gasteiger partial charge in [-0.2, -0.15) is 0 Å². The van der Waals surface area contributed by atoms with E-state index in [2.05, 4.69) is 36.1 Å². The van der Waals surface area contributed by atoms with Crippen LogP contribution in [0, 0.1) is 12.3 Å². The number of amides is 1. The van der Waals surface area contributed by atoms with Crippen LogP contribution in [0.3, 0.4) is 0 Å². The number of H-pyrrole nitrogens is 1. The van der Waals surface area contributed by atoms with Crippen molar-refractivity contribution in [3.05, 3.63) is 17.7 Å². The molecule has 0 spiro atoms. The highest BCUT2D eigenvalue weighted by atomic mass is 16.1. The van der Waals surface area contributed by atoms with E-state index in [9.17, 15) is 4.79 Å². The van der Waals surface area contributed by atoms with Gasteiger partial charge in [0.05, 0.1) is 0 Å². The molecule has 4 heteroatoms. The Morgan fingerprint density at radius 1 is 1.50 bits per heavy atom. The minimum Gasteiger partial charge on any atom is -0.356 e. The van der Waals surface area contributed by atoms with Gasteiger partial charge in [-0.3, -0.25) is 4.79 Å². The zero-order chi connectivity index (χ0) is 12.2. The highest BCUT2D eigenvalue weighted by Crippen LogP contribution is 2.17. The molecule has 0 aliphatic heterocycles. The minimum absolute atomic E-state index is 0.0503. The number of carbonyl (C=O) groups is 1. The number of aromatic amines is 1. The molecule has 16 heavy (non-hydrogen) atoms. The Balaban J connectivity index is 2.23. The molecule has 90 valence electrons. The Bertz CT molecular complexity index is 349. The molecule has 0 saturated carbocycles. The molecule has 1 rings (SSSR count). The van der Waals surface area contributed by atoms with Crippen molar-refractivity contribution in [2.75, 3.05) is 6.54 Å². The molecule has 0 aliphatic carbocycles. The second kappa shape index (κ2) is 5.14. The monoisotopic (exact) mass is 223 g/mol. The Labute approximate surface area is 96.9 Å². The highest BCUT2D eigenvalue weighted by Gasteiger charge is 2.15. The van der Waals surface area contributed by atoms with E-state index in [-0.39, 0.29) is 11.3 Å². The van der Waals surface area contributed by atoms with Crippen molar-refractivity contribution in [1.82, 2.24) is 15.3 Å². The number of nitrogens with zero attached hydrogens (tertiary/aromatic N) is 1. The number of aryl methyl sites for hydroxylation is 1. The van der Waals surface area contributed by atoms with Crippen molar-refractivity contribution in [3.63, 3.8) is 0 Å². The van der Waals surface area contributed by atoms with Crippen LogP contribution in [0.4, 0.5) is 0 Å². The molecule has 0 fully saturated rings. The zero-order valence-electron chi connectivity index (χ0n) is 10.6. The van der Waals surface area contributed by atoms with Gasteiger partial charge in [-0.05, 0) is 12.3 Å². The van der Waals surface area contributed by atoms with Crippen LogP contribution in [0.15, 0.2) is 6.20 Å². The fraction of sp³-hybridized carbons (Fsp3) is 0.667. The summed E-state index contributed by atoms with van der Waals surface area (Å²) in [6.45, 7) is 8.76. The first kappa shape index (κ1) is 12.7. The summed E-state index contributed by atoms with van der Waals surface area (Å²) < 4.78 is 0. The van der Waals surface area contributed by atoms with Crippen LogP contribution < -0.4 is 5.32 Å². The van der Waals surface area contributed by atoms with Crippen molar-refractivity contribution in [3.8, 4) is 0 Å². The summed E-state index contributed by atoms with van der Waals surface area (Å²) in [5, 5.41) is 2.91. The standard InChI is InChI=1S/C12H21N3O/c1-9-14-8-10(15-9)5-6-13-11(16)7-12(2,3)4/h8H,5-7H2,1-4H3,(H,13,16)(H,14,15). The summed E-state index contributed by atoms with van der Waals surface area (Å²) in [5.74, 6) is 1.03. The smallest absolute Gasteiger partial charge is 0.220 e. The van der Waals surface area contributed by atoms with Crippen LogP contribution in [-0.2, 0) is 11.2 Å². The molecular formula is C12H21N3O. The minimum atomic E-state index is 0.0503. The molecule has 0 bridgehead atoms. The van der Waals surface area contributed by atoms with E-state index < -0.39 is 0 Å². The molecule has 0 saturated heterocycles. The molecule has 1 heterocycles.